The van der Waals surface area contributed by atoms with E-state index in [2.05, 4.69) is 21.3 Å². The molecule has 2 aromatic carbocycles. The molecule has 49 heavy (non-hydrogen) atoms. The molecule has 0 aliphatic carbocycles. The number of hydrogen-bond donors (Lipinski definition) is 6. The van der Waals surface area contributed by atoms with Crippen LogP contribution in [0.2, 0.25) is 0 Å². The van der Waals surface area contributed by atoms with Crippen molar-refractivity contribution in [2.75, 3.05) is 6.61 Å². The molecule has 0 fully saturated rings. The molecule has 2 rings (SSSR count). The summed E-state index contributed by atoms with van der Waals surface area (Å²) >= 11 is 0. The van der Waals surface area contributed by atoms with Crippen molar-refractivity contribution >= 4 is 29.6 Å². The van der Waals surface area contributed by atoms with Gasteiger partial charge in [-0.2, -0.15) is 0 Å². The molecule has 0 aliphatic rings. The van der Waals surface area contributed by atoms with Crippen LogP contribution in [0.4, 0.5) is 0 Å². The van der Waals surface area contributed by atoms with Gasteiger partial charge in [-0.15, -0.1) is 0 Å². The highest BCUT2D eigenvalue weighted by Crippen LogP contribution is 2.16. The van der Waals surface area contributed by atoms with E-state index >= 15 is 0 Å². The number of benzene rings is 2. The van der Waals surface area contributed by atoms with E-state index in [1.807, 2.05) is 44.2 Å². The molecular formula is C37H54N4O8. The molecule has 0 radical (unpaired) electrons. The zero-order chi connectivity index (χ0) is 36.7. The summed E-state index contributed by atoms with van der Waals surface area (Å²) in [6, 6.07) is 12.3. The third kappa shape index (κ3) is 13.5. The van der Waals surface area contributed by atoms with E-state index in [1.54, 1.807) is 58.9 Å². The maximum absolute atomic E-state index is 13.7. The molecule has 0 unspecified atom stereocenters. The Kier molecular flexibility index (Phi) is 16.7. The van der Waals surface area contributed by atoms with Crippen LogP contribution in [0.3, 0.4) is 0 Å². The Morgan fingerprint density at radius 3 is 1.88 bits per heavy atom. The fourth-order valence-electron chi connectivity index (χ4n) is 5.30. The van der Waals surface area contributed by atoms with Crippen LogP contribution in [0.1, 0.15) is 72.4 Å². The molecule has 0 saturated carbocycles. The average Bonchev–Trinajstić information content (AvgIpc) is 3.04. The van der Waals surface area contributed by atoms with Crippen LogP contribution in [-0.2, 0) is 36.8 Å². The maximum atomic E-state index is 13.7. The van der Waals surface area contributed by atoms with Crippen molar-refractivity contribution in [2.24, 2.45) is 17.8 Å². The van der Waals surface area contributed by atoms with Gasteiger partial charge in [-0.1, -0.05) is 90.4 Å². The smallest absolute Gasteiger partial charge is 0.326 e. The maximum Gasteiger partial charge on any atom is 0.326 e. The zero-order valence-corrected chi connectivity index (χ0v) is 29.7. The number of aliphatic carboxylic acids is 1. The number of hydrogen-bond acceptors (Lipinski definition) is 7. The van der Waals surface area contributed by atoms with Crippen molar-refractivity contribution in [1.29, 1.82) is 0 Å². The van der Waals surface area contributed by atoms with E-state index in [4.69, 9.17) is 4.74 Å². The van der Waals surface area contributed by atoms with Gasteiger partial charge in [0.05, 0.1) is 31.6 Å². The number of carboxylic acid groups (broad SMARTS) is 1. The minimum atomic E-state index is -1.36. The average molecular weight is 683 g/mol. The Balaban J connectivity index is 2.21. The Bertz CT molecular complexity index is 1380. The number of carbonyl (C=O) groups excluding carboxylic acids is 4. The molecule has 12 heteroatoms. The van der Waals surface area contributed by atoms with Crippen molar-refractivity contribution < 1.29 is 38.9 Å². The third-order valence-electron chi connectivity index (χ3n) is 8.37. The van der Waals surface area contributed by atoms with Crippen LogP contribution in [0.25, 0.3) is 0 Å². The Labute approximate surface area is 289 Å². The van der Waals surface area contributed by atoms with Crippen LogP contribution in [0, 0.1) is 17.8 Å². The lowest BCUT2D eigenvalue weighted by Crippen LogP contribution is -2.57. The van der Waals surface area contributed by atoms with E-state index in [-0.39, 0.29) is 36.5 Å². The van der Waals surface area contributed by atoms with Crippen molar-refractivity contribution in [3.05, 3.63) is 65.7 Å². The number of aliphatic hydroxyl groups excluding tert-OH is 1. The molecular weight excluding hydrogens is 628 g/mol. The normalized spacial score (nSPS) is 14.9. The summed E-state index contributed by atoms with van der Waals surface area (Å²) in [5.41, 5.74) is 1.53. The van der Waals surface area contributed by atoms with Crippen molar-refractivity contribution in [2.45, 2.75) is 104 Å². The standard InChI is InChI=1S/C37H54N4O8/c1-8-24(7)34(36(46)41-33(23(5)6)37(47)48)40-31(44)21-29(42)28(19-25-14-11-10-12-15-25)38-35(45)32(22(3)4)39-30(43)20-26-16-13-17-27(18-26)49-9-2/h10-18,22-24,28-29,32-34,42H,8-9,19-21H2,1-7H3,(H,38,45)(H,39,43)(H,40,44)(H,41,46)(H,47,48)/t24-,28-,29-,32-,33-,34-/m0/s1. The number of carbonyl (C=O) groups is 5. The van der Waals surface area contributed by atoms with E-state index in [9.17, 15) is 34.2 Å². The predicted molar refractivity (Wildman–Crippen MR) is 187 cm³/mol. The van der Waals surface area contributed by atoms with E-state index in [1.165, 1.54) is 0 Å². The number of aliphatic hydroxyl groups is 1. The molecule has 0 bridgehead atoms. The molecule has 6 N–H and O–H groups in total. The summed E-state index contributed by atoms with van der Waals surface area (Å²) in [6.07, 6.45) is -1.07. The number of ether oxygens (including phenoxy) is 1. The molecule has 0 saturated heterocycles. The van der Waals surface area contributed by atoms with Gasteiger partial charge in [0.2, 0.25) is 23.6 Å². The number of nitrogens with one attached hydrogen (secondary N) is 4. The first-order valence-corrected chi connectivity index (χ1v) is 17.0. The number of carboxylic acids is 1. The SMILES string of the molecule is CCOc1cccc(CC(=O)N[C@H](C(=O)N[C@@H](Cc2ccccc2)[C@@H](O)CC(=O)N[C@H](C(=O)N[C@H](C(=O)O)C(C)C)[C@@H](C)CC)C(C)C)c1. The summed E-state index contributed by atoms with van der Waals surface area (Å²) in [7, 11) is 0. The first-order valence-electron chi connectivity index (χ1n) is 17.0. The second-order valence-corrected chi connectivity index (χ2v) is 13.1. The summed E-state index contributed by atoms with van der Waals surface area (Å²) in [6.45, 7) is 12.9. The molecule has 0 spiro atoms. The van der Waals surface area contributed by atoms with Crippen LogP contribution in [-0.4, -0.2) is 76.7 Å². The largest absolute Gasteiger partial charge is 0.494 e. The second-order valence-electron chi connectivity index (χ2n) is 13.1. The van der Waals surface area contributed by atoms with Gasteiger partial charge in [-0.3, -0.25) is 19.2 Å². The lowest BCUT2D eigenvalue weighted by atomic mass is 9.95. The van der Waals surface area contributed by atoms with Crippen molar-refractivity contribution in [1.82, 2.24) is 21.3 Å². The third-order valence-corrected chi connectivity index (χ3v) is 8.37. The number of rotatable bonds is 20. The van der Waals surface area contributed by atoms with Crippen LogP contribution < -0.4 is 26.0 Å². The Morgan fingerprint density at radius 2 is 1.31 bits per heavy atom. The zero-order valence-electron chi connectivity index (χ0n) is 29.7. The lowest BCUT2D eigenvalue weighted by molar-refractivity contribution is -0.143. The minimum Gasteiger partial charge on any atom is -0.494 e. The summed E-state index contributed by atoms with van der Waals surface area (Å²) in [5, 5.41) is 31.8. The number of amides is 4. The summed E-state index contributed by atoms with van der Waals surface area (Å²) in [4.78, 5) is 64.8. The molecule has 0 aromatic heterocycles. The summed E-state index contributed by atoms with van der Waals surface area (Å²) < 4.78 is 5.52. The molecule has 2 aromatic rings. The van der Waals surface area contributed by atoms with Gasteiger partial charge >= 0.3 is 5.97 Å². The molecule has 270 valence electrons. The predicted octanol–water partition coefficient (Wildman–Crippen LogP) is 3.00. The van der Waals surface area contributed by atoms with Gasteiger partial charge in [0.15, 0.2) is 0 Å². The van der Waals surface area contributed by atoms with Gasteiger partial charge < -0.3 is 36.2 Å². The van der Waals surface area contributed by atoms with E-state index in [0.717, 1.165) is 11.1 Å². The van der Waals surface area contributed by atoms with Crippen molar-refractivity contribution in [3.63, 3.8) is 0 Å². The van der Waals surface area contributed by atoms with Gasteiger partial charge in [-0.25, -0.2) is 4.79 Å². The first kappa shape index (κ1) is 40.7. The topological polar surface area (TPSA) is 183 Å². The highest BCUT2D eigenvalue weighted by Gasteiger charge is 2.33. The van der Waals surface area contributed by atoms with Crippen molar-refractivity contribution in [3.8, 4) is 5.75 Å². The fourth-order valence-corrected chi connectivity index (χ4v) is 5.30. The van der Waals surface area contributed by atoms with Crippen LogP contribution in [0.5, 0.6) is 5.75 Å². The van der Waals surface area contributed by atoms with Gasteiger partial charge in [0, 0.05) is 0 Å². The molecule has 0 aliphatic heterocycles. The molecule has 6 atom stereocenters. The lowest BCUT2D eigenvalue weighted by Gasteiger charge is -2.30. The first-order chi connectivity index (χ1) is 23.2. The molecule has 12 nitrogen and oxygen atoms in total. The van der Waals surface area contributed by atoms with E-state index in [0.29, 0.717) is 18.8 Å². The van der Waals surface area contributed by atoms with E-state index < -0.39 is 60.4 Å². The fraction of sp³-hybridized carbons (Fsp3) is 0.541. The quantitative estimate of drug-likeness (QED) is 0.123. The second kappa shape index (κ2) is 20.2. The highest BCUT2D eigenvalue weighted by atomic mass is 16.5. The Morgan fingerprint density at radius 1 is 0.714 bits per heavy atom. The Hall–Kier alpha value is -4.45. The van der Waals surface area contributed by atoms with Crippen LogP contribution in [0.15, 0.2) is 54.6 Å². The minimum absolute atomic E-state index is 0.0307. The van der Waals surface area contributed by atoms with Gasteiger partial charge in [0.1, 0.15) is 23.9 Å². The van der Waals surface area contributed by atoms with Gasteiger partial charge in [-0.05, 0) is 54.4 Å². The summed E-state index contributed by atoms with van der Waals surface area (Å²) in [5.74, 6) is -3.71. The van der Waals surface area contributed by atoms with Gasteiger partial charge in [0.25, 0.3) is 0 Å². The highest BCUT2D eigenvalue weighted by molar-refractivity contribution is 5.91. The monoisotopic (exact) mass is 682 g/mol. The van der Waals surface area contributed by atoms with Crippen LogP contribution >= 0.6 is 0 Å². The molecule has 0 heterocycles. The molecule has 4 amide bonds.